The number of amides is 1. The van der Waals surface area contributed by atoms with Gasteiger partial charge in [-0.25, -0.2) is 0 Å². The van der Waals surface area contributed by atoms with Gasteiger partial charge in [0.1, 0.15) is 0 Å². The highest BCUT2D eigenvalue weighted by molar-refractivity contribution is 5.74. The number of rotatable bonds is 4. The van der Waals surface area contributed by atoms with Crippen LogP contribution in [0.5, 0.6) is 0 Å². The monoisotopic (exact) mass is 240 g/mol. The predicted molar refractivity (Wildman–Crippen MR) is 71.6 cm³/mol. The minimum atomic E-state index is -0.223. The molecule has 3 heteroatoms. The number of primary amides is 1. The van der Waals surface area contributed by atoms with Gasteiger partial charge >= 0.3 is 0 Å². The lowest BCUT2D eigenvalue weighted by Crippen LogP contribution is -2.47. The third-order valence-electron chi connectivity index (χ3n) is 3.58. The Morgan fingerprint density at radius 3 is 2.18 bits per heavy atom. The zero-order chi connectivity index (χ0) is 13.3. The van der Waals surface area contributed by atoms with Gasteiger partial charge in [-0.15, -0.1) is 0 Å². The van der Waals surface area contributed by atoms with Crippen LogP contribution in [0.2, 0.25) is 0 Å². The largest absolute Gasteiger partial charge is 0.370 e. The van der Waals surface area contributed by atoms with Gasteiger partial charge in [0.2, 0.25) is 5.91 Å². The van der Waals surface area contributed by atoms with Gasteiger partial charge in [-0.2, -0.15) is 0 Å². The van der Waals surface area contributed by atoms with Crippen molar-refractivity contribution in [1.82, 2.24) is 5.32 Å². The molecule has 0 aromatic rings. The quantitative estimate of drug-likeness (QED) is 0.793. The summed E-state index contributed by atoms with van der Waals surface area (Å²) in [6.07, 6.45) is 4.05. The zero-order valence-electron chi connectivity index (χ0n) is 12.0. The lowest BCUT2D eigenvalue weighted by atomic mass is 9.63. The molecule has 3 nitrogen and oxygen atoms in total. The van der Waals surface area contributed by atoms with Crippen molar-refractivity contribution in [1.29, 1.82) is 0 Å². The van der Waals surface area contributed by atoms with Crippen LogP contribution in [0.15, 0.2) is 0 Å². The molecule has 1 aliphatic rings. The third-order valence-corrected chi connectivity index (χ3v) is 3.58. The molecule has 0 radical (unpaired) electrons. The van der Waals surface area contributed by atoms with E-state index in [1.807, 2.05) is 6.92 Å². The molecule has 1 rings (SSSR count). The average molecular weight is 240 g/mol. The molecule has 3 N–H and O–H groups in total. The number of carbonyl (C=O) groups excluding carboxylic acids is 1. The number of carbonyl (C=O) groups is 1. The third kappa shape index (κ3) is 5.07. The van der Waals surface area contributed by atoms with Crippen LogP contribution in [-0.4, -0.2) is 18.0 Å². The van der Waals surface area contributed by atoms with Crippen LogP contribution in [0.25, 0.3) is 0 Å². The van der Waals surface area contributed by atoms with Crippen LogP contribution in [0.4, 0.5) is 0 Å². The van der Waals surface area contributed by atoms with Gasteiger partial charge in [-0.3, -0.25) is 4.79 Å². The zero-order valence-corrected chi connectivity index (χ0v) is 12.0. The summed E-state index contributed by atoms with van der Waals surface area (Å²) in [5.74, 6) is -0.223. The van der Waals surface area contributed by atoms with E-state index >= 15 is 0 Å². The maximum atomic E-state index is 10.9. The van der Waals surface area contributed by atoms with Crippen molar-refractivity contribution in [2.24, 2.45) is 16.6 Å². The van der Waals surface area contributed by atoms with Gasteiger partial charge in [-0.05, 0) is 37.0 Å². The average Bonchev–Trinajstić information content (AvgIpc) is 1.93. The van der Waals surface area contributed by atoms with E-state index in [9.17, 15) is 4.79 Å². The first-order valence-electron chi connectivity index (χ1n) is 6.64. The maximum absolute atomic E-state index is 10.9. The fourth-order valence-electron chi connectivity index (χ4n) is 3.73. The minimum absolute atomic E-state index is 0.183. The molecule has 0 bridgehead atoms. The fourth-order valence-corrected chi connectivity index (χ4v) is 3.73. The molecule has 0 heterocycles. The van der Waals surface area contributed by atoms with E-state index in [0.29, 0.717) is 23.3 Å². The summed E-state index contributed by atoms with van der Waals surface area (Å²) in [7, 11) is 0. The topological polar surface area (TPSA) is 55.1 Å². The van der Waals surface area contributed by atoms with E-state index in [1.165, 1.54) is 19.3 Å². The lowest BCUT2D eigenvalue weighted by Gasteiger charge is -2.46. The molecular formula is C14H28N2O. The van der Waals surface area contributed by atoms with E-state index in [0.717, 1.165) is 0 Å². The second-order valence-electron chi connectivity index (χ2n) is 7.35. The van der Waals surface area contributed by atoms with E-state index in [-0.39, 0.29) is 11.9 Å². The molecule has 0 aromatic carbocycles. The van der Waals surface area contributed by atoms with Crippen LogP contribution in [0.1, 0.15) is 60.3 Å². The molecule has 0 saturated heterocycles. The first kappa shape index (κ1) is 14.5. The molecule has 1 aliphatic carbocycles. The molecule has 100 valence electrons. The number of hydrogen-bond acceptors (Lipinski definition) is 2. The Balaban J connectivity index is 2.56. The lowest BCUT2D eigenvalue weighted by molar-refractivity contribution is -0.118. The molecular weight excluding hydrogens is 212 g/mol. The van der Waals surface area contributed by atoms with E-state index < -0.39 is 0 Å². The van der Waals surface area contributed by atoms with E-state index in [1.54, 1.807) is 0 Å². The van der Waals surface area contributed by atoms with Gasteiger partial charge in [-0.1, -0.05) is 27.7 Å². The molecule has 1 unspecified atom stereocenters. The number of nitrogens with one attached hydrogen (secondary N) is 1. The van der Waals surface area contributed by atoms with Crippen LogP contribution in [0.3, 0.4) is 0 Å². The van der Waals surface area contributed by atoms with Crippen molar-refractivity contribution >= 4 is 5.91 Å². The summed E-state index contributed by atoms with van der Waals surface area (Å²) in [4.78, 5) is 10.9. The first-order chi connectivity index (χ1) is 7.60. The van der Waals surface area contributed by atoms with Crippen LogP contribution in [0, 0.1) is 10.8 Å². The maximum Gasteiger partial charge on any atom is 0.218 e. The number of hydrogen-bond donors (Lipinski definition) is 2. The highest BCUT2D eigenvalue weighted by Crippen LogP contribution is 2.45. The molecule has 17 heavy (non-hydrogen) atoms. The Bertz CT molecular complexity index is 268. The van der Waals surface area contributed by atoms with Gasteiger partial charge < -0.3 is 11.1 Å². The molecule has 0 spiro atoms. The van der Waals surface area contributed by atoms with Crippen LogP contribution >= 0.6 is 0 Å². The summed E-state index contributed by atoms with van der Waals surface area (Å²) in [6, 6.07) is 0.685. The van der Waals surface area contributed by atoms with E-state index in [4.69, 9.17) is 5.73 Å². The molecule has 1 saturated carbocycles. The van der Waals surface area contributed by atoms with Gasteiger partial charge in [0, 0.05) is 18.5 Å². The minimum Gasteiger partial charge on any atom is -0.370 e. The highest BCUT2D eigenvalue weighted by Gasteiger charge is 2.38. The summed E-state index contributed by atoms with van der Waals surface area (Å²) in [5, 5.41) is 3.56. The van der Waals surface area contributed by atoms with Crippen molar-refractivity contribution in [3.05, 3.63) is 0 Å². The Labute approximate surface area is 106 Å². The Morgan fingerprint density at radius 1 is 1.29 bits per heavy atom. The first-order valence-corrected chi connectivity index (χ1v) is 6.64. The van der Waals surface area contributed by atoms with Crippen molar-refractivity contribution < 1.29 is 4.79 Å². The predicted octanol–water partition coefficient (Wildman–Crippen LogP) is 2.44. The highest BCUT2D eigenvalue weighted by atomic mass is 16.1. The van der Waals surface area contributed by atoms with Crippen molar-refractivity contribution in [2.75, 3.05) is 0 Å². The normalized spacial score (nSPS) is 25.5. The number of nitrogens with two attached hydrogens (primary N) is 1. The Kier molecular flexibility index (Phi) is 4.23. The van der Waals surface area contributed by atoms with Crippen molar-refractivity contribution in [3.63, 3.8) is 0 Å². The van der Waals surface area contributed by atoms with E-state index in [2.05, 4.69) is 33.0 Å². The van der Waals surface area contributed by atoms with Crippen LogP contribution < -0.4 is 11.1 Å². The van der Waals surface area contributed by atoms with Crippen molar-refractivity contribution in [2.45, 2.75) is 72.4 Å². The second-order valence-corrected chi connectivity index (χ2v) is 7.35. The molecule has 0 aromatic heterocycles. The van der Waals surface area contributed by atoms with Gasteiger partial charge in [0.15, 0.2) is 0 Å². The van der Waals surface area contributed by atoms with Crippen LogP contribution in [-0.2, 0) is 4.79 Å². The Morgan fingerprint density at radius 2 is 1.76 bits per heavy atom. The smallest absolute Gasteiger partial charge is 0.218 e. The molecule has 1 amide bonds. The SMILES string of the molecule is CC(CC(N)=O)NC1CC(C)(C)CC(C)(C)C1. The Hall–Kier alpha value is -0.570. The fraction of sp³-hybridized carbons (Fsp3) is 0.929. The van der Waals surface area contributed by atoms with Gasteiger partial charge in [0.05, 0.1) is 0 Å². The molecule has 1 atom stereocenters. The second kappa shape index (κ2) is 4.97. The standard InChI is InChI=1S/C14H28N2O/c1-10(6-12(15)17)16-11-7-13(2,3)9-14(4,5)8-11/h10-11,16H,6-9H2,1-5H3,(H2,15,17). The summed E-state index contributed by atoms with van der Waals surface area (Å²) < 4.78 is 0. The molecule has 1 fully saturated rings. The van der Waals surface area contributed by atoms with Crippen molar-refractivity contribution in [3.8, 4) is 0 Å². The van der Waals surface area contributed by atoms with Gasteiger partial charge in [0.25, 0.3) is 0 Å². The summed E-state index contributed by atoms with van der Waals surface area (Å²) in [5.41, 5.74) is 5.99. The summed E-state index contributed by atoms with van der Waals surface area (Å²) >= 11 is 0. The summed E-state index contributed by atoms with van der Waals surface area (Å²) in [6.45, 7) is 11.4. The molecule has 0 aliphatic heterocycles.